The summed E-state index contributed by atoms with van der Waals surface area (Å²) >= 11 is 3.41. The molecule has 0 unspecified atom stereocenters. The van der Waals surface area contributed by atoms with E-state index in [-0.39, 0.29) is 5.82 Å². The molecule has 2 aromatic rings. The molecule has 0 amide bonds. The summed E-state index contributed by atoms with van der Waals surface area (Å²) < 4.78 is 14.2. The molecule has 1 aromatic carbocycles. The first-order valence-electron chi connectivity index (χ1n) is 7.00. The number of piperidine rings is 1. The number of benzene rings is 1. The summed E-state index contributed by atoms with van der Waals surface area (Å²) in [7, 11) is 0. The van der Waals surface area contributed by atoms with Crippen molar-refractivity contribution in [2.45, 2.75) is 12.8 Å². The Kier molecular flexibility index (Phi) is 4.21. The normalized spacial score (nSPS) is 16.4. The molecule has 5 nitrogen and oxygen atoms in total. The van der Waals surface area contributed by atoms with E-state index >= 15 is 0 Å². The van der Waals surface area contributed by atoms with Crippen LogP contribution < -0.4 is 10.6 Å². The highest BCUT2D eigenvalue weighted by Crippen LogP contribution is 2.28. The van der Waals surface area contributed by atoms with Crippen LogP contribution in [0.4, 0.5) is 10.3 Å². The van der Waals surface area contributed by atoms with Crippen molar-refractivity contribution in [2.75, 3.05) is 24.5 Å². The Hall–Kier alpha value is -1.47. The number of anilines is 1. The highest BCUT2D eigenvalue weighted by atomic mass is 79.9. The van der Waals surface area contributed by atoms with Crippen molar-refractivity contribution in [3.8, 4) is 11.4 Å². The minimum Gasteiger partial charge on any atom is -0.340 e. The number of H-pyrrole nitrogens is 1. The van der Waals surface area contributed by atoms with Gasteiger partial charge in [0.25, 0.3) is 0 Å². The van der Waals surface area contributed by atoms with Gasteiger partial charge in [-0.15, -0.1) is 5.10 Å². The molecule has 3 N–H and O–H groups in total. The lowest BCUT2D eigenvalue weighted by molar-refractivity contribution is 0.411. The zero-order valence-corrected chi connectivity index (χ0v) is 13.1. The van der Waals surface area contributed by atoms with Gasteiger partial charge in [0.1, 0.15) is 5.82 Å². The van der Waals surface area contributed by atoms with Crippen LogP contribution in [0.2, 0.25) is 0 Å². The first kappa shape index (κ1) is 14.5. The van der Waals surface area contributed by atoms with Crippen LogP contribution in [0.25, 0.3) is 11.4 Å². The summed E-state index contributed by atoms with van der Waals surface area (Å²) in [6.07, 6.45) is 2.12. The lowest BCUT2D eigenvalue weighted by Crippen LogP contribution is -2.36. The van der Waals surface area contributed by atoms with Crippen molar-refractivity contribution in [3.05, 3.63) is 28.5 Å². The van der Waals surface area contributed by atoms with Gasteiger partial charge in [-0.1, -0.05) is 15.9 Å². The Morgan fingerprint density at radius 3 is 2.86 bits per heavy atom. The minimum atomic E-state index is -0.296. The largest absolute Gasteiger partial charge is 0.340 e. The molecule has 1 aliphatic rings. The summed E-state index contributed by atoms with van der Waals surface area (Å²) in [6, 6.07) is 4.51. The fourth-order valence-corrected chi connectivity index (χ4v) is 3.00. The maximum absolute atomic E-state index is 13.4. The van der Waals surface area contributed by atoms with Crippen LogP contribution in [0.3, 0.4) is 0 Å². The molecule has 21 heavy (non-hydrogen) atoms. The lowest BCUT2D eigenvalue weighted by atomic mass is 9.97. The summed E-state index contributed by atoms with van der Waals surface area (Å²) in [5, 5.41) is 7.14. The van der Waals surface area contributed by atoms with E-state index in [4.69, 9.17) is 5.73 Å². The molecule has 1 aromatic heterocycles. The maximum atomic E-state index is 13.4. The third-order valence-electron chi connectivity index (χ3n) is 3.89. The number of aromatic nitrogens is 3. The maximum Gasteiger partial charge on any atom is 0.245 e. The van der Waals surface area contributed by atoms with Gasteiger partial charge in [0, 0.05) is 23.1 Å². The third kappa shape index (κ3) is 3.08. The van der Waals surface area contributed by atoms with E-state index in [1.165, 1.54) is 12.1 Å². The smallest absolute Gasteiger partial charge is 0.245 e. The van der Waals surface area contributed by atoms with Crippen LogP contribution in [0.15, 0.2) is 22.7 Å². The van der Waals surface area contributed by atoms with Gasteiger partial charge in [-0.05, 0) is 43.5 Å². The average Bonchev–Trinajstić information content (AvgIpc) is 2.99. The number of nitrogens with zero attached hydrogens (tertiary/aromatic N) is 3. The number of nitrogens with two attached hydrogens (primary N) is 1. The highest BCUT2D eigenvalue weighted by molar-refractivity contribution is 9.10. The first-order valence-corrected chi connectivity index (χ1v) is 7.79. The molecular formula is C14H17BrFN5. The minimum absolute atomic E-state index is 0.296. The molecule has 0 aliphatic carbocycles. The third-order valence-corrected chi connectivity index (χ3v) is 4.58. The lowest BCUT2D eigenvalue weighted by Gasteiger charge is -2.30. The van der Waals surface area contributed by atoms with Crippen LogP contribution in [0.1, 0.15) is 12.8 Å². The van der Waals surface area contributed by atoms with Gasteiger partial charge in [-0.3, -0.25) is 5.10 Å². The van der Waals surface area contributed by atoms with Gasteiger partial charge in [-0.2, -0.15) is 4.98 Å². The summed E-state index contributed by atoms with van der Waals surface area (Å²) in [4.78, 5) is 6.63. The Balaban J connectivity index is 1.79. The van der Waals surface area contributed by atoms with Crippen molar-refractivity contribution in [1.82, 2.24) is 15.2 Å². The van der Waals surface area contributed by atoms with E-state index in [2.05, 4.69) is 36.0 Å². The predicted octanol–water partition coefficient (Wildman–Crippen LogP) is 2.55. The van der Waals surface area contributed by atoms with Gasteiger partial charge in [0.15, 0.2) is 5.82 Å². The van der Waals surface area contributed by atoms with Crippen LogP contribution in [-0.2, 0) is 0 Å². The van der Waals surface area contributed by atoms with E-state index < -0.39 is 0 Å². The molecule has 1 saturated heterocycles. The van der Waals surface area contributed by atoms with Crippen LogP contribution in [0.5, 0.6) is 0 Å². The molecule has 3 rings (SSSR count). The Bertz CT molecular complexity index is 622. The van der Waals surface area contributed by atoms with Crippen molar-refractivity contribution < 1.29 is 4.39 Å². The Morgan fingerprint density at radius 1 is 1.38 bits per heavy atom. The number of hydrogen-bond donors (Lipinski definition) is 2. The molecule has 0 atom stereocenters. The number of aromatic amines is 1. The number of hydrogen-bond acceptors (Lipinski definition) is 4. The van der Waals surface area contributed by atoms with Gasteiger partial charge < -0.3 is 10.6 Å². The zero-order chi connectivity index (χ0) is 14.8. The van der Waals surface area contributed by atoms with Gasteiger partial charge in [-0.25, -0.2) is 4.39 Å². The molecule has 0 radical (unpaired) electrons. The first-order chi connectivity index (χ1) is 10.2. The summed E-state index contributed by atoms with van der Waals surface area (Å²) in [5.41, 5.74) is 6.37. The topological polar surface area (TPSA) is 70.8 Å². The van der Waals surface area contributed by atoms with Crippen LogP contribution >= 0.6 is 15.9 Å². The summed E-state index contributed by atoms with van der Waals surface area (Å²) in [5.74, 6) is 1.53. The Morgan fingerprint density at radius 2 is 2.14 bits per heavy atom. The van der Waals surface area contributed by atoms with E-state index in [0.717, 1.165) is 36.9 Å². The number of rotatable bonds is 3. The average molecular weight is 354 g/mol. The quantitative estimate of drug-likeness (QED) is 0.889. The van der Waals surface area contributed by atoms with Gasteiger partial charge >= 0.3 is 0 Å². The molecular weight excluding hydrogens is 337 g/mol. The van der Waals surface area contributed by atoms with Crippen molar-refractivity contribution in [3.63, 3.8) is 0 Å². The SMILES string of the molecule is NCC1CCN(c2n[nH]c(-c3cc(F)ccc3Br)n2)CC1. The second kappa shape index (κ2) is 6.11. The number of nitrogens with one attached hydrogen (secondary N) is 1. The molecule has 0 spiro atoms. The van der Waals surface area contributed by atoms with Gasteiger partial charge in [0.2, 0.25) is 5.95 Å². The molecule has 7 heteroatoms. The predicted molar refractivity (Wildman–Crippen MR) is 83.5 cm³/mol. The van der Waals surface area contributed by atoms with E-state index in [9.17, 15) is 4.39 Å². The monoisotopic (exact) mass is 353 g/mol. The second-order valence-electron chi connectivity index (χ2n) is 5.27. The number of halogens is 2. The van der Waals surface area contributed by atoms with E-state index in [1.54, 1.807) is 6.07 Å². The second-order valence-corrected chi connectivity index (χ2v) is 6.13. The molecule has 2 heterocycles. The van der Waals surface area contributed by atoms with E-state index in [0.29, 0.717) is 23.3 Å². The van der Waals surface area contributed by atoms with Crippen molar-refractivity contribution in [2.24, 2.45) is 11.7 Å². The standard InChI is InChI=1S/C14H17BrFN5/c15-12-2-1-10(16)7-11(12)13-18-14(20-19-13)21-5-3-9(8-17)4-6-21/h1-2,7,9H,3-6,8,17H2,(H,18,19,20). The fourth-order valence-electron chi connectivity index (χ4n) is 2.56. The molecule has 1 fully saturated rings. The molecule has 0 bridgehead atoms. The molecule has 0 saturated carbocycles. The van der Waals surface area contributed by atoms with Crippen LogP contribution in [-0.4, -0.2) is 34.8 Å². The highest BCUT2D eigenvalue weighted by Gasteiger charge is 2.21. The van der Waals surface area contributed by atoms with Crippen molar-refractivity contribution in [1.29, 1.82) is 0 Å². The fraction of sp³-hybridized carbons (Fsp3) is 0.429. The van der Waals surface area contributed by atoms with E-state index in [1.807, 2.05) is 0 Å². The van der Waals surface area contributed by atoms with Crippen LogP contribution in [0, 0.1) is 11.7 Å². The van der Waals surface area contributed by atoms with Gasteiger partial charge in [0.05, 0.1) is 0 Å². The molecule has 1 aliphatic heterocycles. The summed E-state index contributed by atoms with van der Waals surface area (Å²) in [6.45, 7) is 2.55. The molecule has 112 valence electrons. The Labute approximate surface area is 130 Å². The van der Waals surface area contributed by atoms with Crippen molar-refractivity contribution >= 4 is 21.9 Å². The zero-order valence-electron chi connectivity index (χ0n) is 11.5.